The second kappa shape index (κ2) is 6.75. The van der Waals surface area contributed by atoms with E-state index in [1.54, 1.807) is 11.3 Å². The molecular formula is C21H24N2OS. The lowest BCUT2D eigenvalue weighted by Crippen LogP contribution is -2.24. The summed E-state index contributed by atoms with van der Waals surface area (Å²) in [4.78, 5) is 20.7. The van der Waals surface area contributed by atoms with E-state index in [9.17, 15) is 4.79 Å². The summed E-state index contributed by atoms with van der Waals surface area (Å²) in [7, 11) is 0. The van der Waals surface area contributed by atoms with Gasteiger partial charge in [0, 0.05) is 17.0 Å². The third-order valence-electron chi connectivity index (χ3n) is 5.04. The van der Waals surface area contributed by atoms with Gasteiger partial charge in [0.1, 0.15) is 10.7 Å². The zero-order valence-electron chi connectivity index (χ0n) is 14.9. The van der Waals surface area contributed by atoms with Crippen molar-refractivity contribution in [3.05, 3.63) is 51.1 Å². The molecule has 0 bridgehead atoms. The lowest BCUT2D eigenvalue weighted by atomic mass is 9.97. The Labute approximate surface area is 152 Å². The number of aromatic nitrogens is 2. The summed E-state index contributed by atoms with van der Waals surface area (Å²) >= 11 is 1.73. The Hall–Kier alpha value is -1.94. The topological polar surface area (TPSA) is 34.9 Å². The number of thiophene rings is 1. The van der Waals surface area contributed by atoms with Crippen LogP contribution in [0.15, 0.2) is 35.1 Å². The van der Waals surface area contributed by atoms with E-state index < -0.39 is 0 Å². The molecular weight excluding hydrogens is 328 g/mol. The lowest BCUT2D eigenvalue weighted by molar-refractivity contribution is 0.509. The van der Waals surface area contributed by atoms with Gasteiger partial charge in [-0.25, -0.2) is 4.98 Å². The fourth-order valence-electron chi connectivity index (χ4n) is 3.64. The summed E-state index contributed by atoms with van der Waals surface area (Å²) in [5.74, 6) is 1.37. The van der Waals surface area contributed by atoms with Crippen molar-refractivity contribution >= 4 is 21.6 Å². The molecule has 2 heterocycles. The number of rotatable bonds is 4. The Balaban J connectivity index is 1.96. The van der Waals surface area contributed by atoms with Crippen molar-refractivity contribution in [3.63, 3.8) is 0 Å². The van der Waals surface area contributed by atoms with Gasteiger partial charge in [-0.1, -0.05) is 44.2 Å². The smallest absolute Gasteiger partial charge is 0.262 e. The molecule has 0 spiro atoms. The number of hydrogen-bond acceptors (Lipinski definition) is 3. The van der Waals surface area contributed by atoms with E-state index in [4.69, 9.17) is 4.98 Å². The second-order valence-corrected chi connectivity index (χ2v) is 8.42. The van der Waals surface area contributed by atoms with Gasteiger partial charge in [0.25, 0.3) is 5.56 Å². The second-order valence-electron chi connectivity index (χ2n) is 7.33. The Morgan fingerprint density at radius 2 is 1.92 bits per heavy atom. The molecule has 0 atom stereocenters. The van der Waals surface area contributed by atoms with Gasteiger partial charge in [0.2, 0.25) is 0 Å². The van der Waals surface area contributed by atoms with Crippen LogP contribution in [0.2, 0.25) is 0 Å². The maximum atomic E-state index is 13.4. The van der Waals surface area contributed by atoms with E-state index in [-0.39, 0.29) is 5.56 Å². The lowest BCUT2D eigenvalue weighted by Gasteiger charge is -2.15. The highest BCUT2D eigenvalue weighted by Crippen LogP contribution is 2.34. The van der Waals surface area contributed by atoms with Crippen LogP contribution in [0.5, 0.6) is 0 Å². The van der Waals surface area contributed by atoms with Crippen LogP contribution < -0.4 is 5.56 Å². The highest BCUT2D eigenvalue weighted by atomic mass is 32.1. The molecule has 0 amide bonds. The van der Waals surface area contributed by atoms with Crippen molar-refractivity contribution in [2.45, 2.75) is 52.5 Å². The summed E-state index contributed by atoms with van der Waals surface area (Å²) < 4.78 is 1.92. The monoisotopic (exact) mass is 352 g/mol. The molecule has 0 saturated carbocycles. The van der Waals surface area contributed by atoms with Gasteiger partial charge < -0.3 is 0 Å². The number of hydrogen-bond donors (Lipinski definition) is 0. The van der Waals surface area contributed by atoms with Crippen LogP contribution in [0.4, 0.5) is 0 Å². The summed E-state index contributed by atoms with van der Waals surface area (Å²) in [6.07, 6.45) is 5.53. The number of nitrogens with zero attached hydrogens (tertiary/aromatic N) is 2. The number of fused-ring (bicyclic) bond motifs is 3. The first kappa shape index (κ1) is 16.5. The SMILES string of the molecule is CC(C)CCn1c(-c2ccccc2)nc2sc3c(c2c1=O)CCCC3. The molecule has 0 fully saturated rings. The summed E-state index contributed by atoms with van der Waals surface area (Å²) in [5.41, 5.74) is 2.46. The predicted octanol–water partition coefficient (Wildman–Crippen LogP) is 5.05. The van der Waals surface area contributed by atoms with Crippen molar-refractivity contribution in [2.24, 2.45) is 5.92 Å². The van der Waals surface area contributed by atoms with Crippen LogP contribution in [0.3, 0.4) is 0 Å². The van der Waals surface area contributed by atoms with Crippen molar-refractivity contribution in [3.8, 4) is 11.4 Å². The minimum absolute atomic E-state index is 0.156. The van der Waals surface area contributed by atoms with Crippen molar-refractivity contribution < 1.29 is 0 Å². The number of benzene rings is 1. The first-order chi connectivity index (χ1) is 12.1. The molecule has 1 aliphatic carbocycles. The molecule has 0 saturated heterocycles. The first-order valence-electron chi connectivity index (χ1n) is 9.25. The van der Waals surface area contributed by atoms with E-state index in [1.807, 2.05) is 34.9 Å². The van der Waals surface area contributed by atoms with E-state index >= 15 is 0 Å². The third-order valence-corrected chi connectivity index (χ3v) is 6.22. The fourth-order valence-corrected chi connectivity index (χ4v) is 4.89. The molecule has 3 aromatic rings. The van der Waals surface area contributed by atoms with Gasteiger partial charge in [-0.3, -0.25) is 9.36 Å². The molecule has 1 aromatic carbocycles. The van der Waals surface area contributed by atoms with Gasteiger partial charge in [-0.15, -0.1) is 11.3 Å². The molecule has 0 unspecified atom stereocenters. The normalized spacial score (nSPS) is 14.2. The van der Waals surface area contributed by atoms with Gasteiger partial charge in [0.05, 0.1) is 5.39 Å². The molecule has 0 N–H and O–H groups in total. The van der Waals surface area contributed by atoms with Gasteiger partial charge in [0.15, 0.2) is 0 Å². The largest absolute Gasteiger partial charge is 0.292 e. The van der Waals surface area contributed by atoms with Crippen LogP contribution in [-0.4, -0.2) is 9.55 Å². The Kier molecular flexibility index (Phi) is 4.46. The first-order valence-corrected chi connectivity index (χ1v) is 10.1. The average Bonchev–Trinajstić information content (AvgIpc) is 3.00. The van der Waals surface area contributed by atoms with Crippen LogP contribution in [0.1, 0.15) is 43.6 Å². The third kappa shape index (κ3) is 3.04. The highest BCUT2D eigenvalue weighted by Gasteiger charge is 2.22. The van der Waals surface area contributed by atoms with E-state index in [2.05, 4.69) is 13.8 Å². The minimum Gasteiger partial charge on any atom is -0.292 e. The maximum Gasteiger partial charge on any atom is 0.262 e. The van der Waals surface area contributed by atoms with E-state index in [0.717, 1.165) is 47.4 Å². The molecule has 3 nitrogen and oxygen atoms in total. The zero-order valence-corrected chi connectivity index (χ0v) is 15.7. The van der Waals surface area contributed by atoms with E-state index in [0.29, 0.717) is 5.92 Å². The van der Waals surface area contributed by atoms with Crippen molar-refractivity contribution in [1.29, 1.82) is 0 Å². The maximum absolute atomic E-state index is 13.4. The number of aryl methyl sites for hydroxylation is 2. The van der Waals surface area contributed by atoms with Crippen LogP contribution in [0.25, 0.3) is 21.6 Å². The standard InChI is InChI=1S/C21H24N2OS/c1-14(2)12-13-23-19(15-8-4-3-5-9-15)22-20-18(21(23)24)16-10-6-7-11-17(16)25-20/h3-5,8-9,14H,6-7,10-13H2,1-2H3. The van der Waals surface area contributed by atoms with E-state index in [1.165, 1.54) is 23.3 Å². The Morgan fingerprint density at radius 1 is 1.16 bits per heavy atom. The molecule has 0 aliphatic heterocycles. The van der Waals surface area contributed by atoms with Gasteiger partial charge in [-0.2, -0.15) is 0 Å². The quantitative estimate of drug-likeness (QED) is 0.658. The van der Waals surface area contributed by atoms with Gasteiger partial charge >= 0.3 is 0 Å². The van der Waals surface area contributed by atoms with Crippen LogP contribution >= 0.6 is 11.3 Å². The fraction of sp³-hybridized carbons (Fsp3) is 0.429. The summed E-state index contributed by atoms with van der Waals surface area (Å²) in [6, 6.07) is 10.1. The molecule has 4 heteroatoms. The Bertz CT molecular complexity index is 953. The summed E-state index contributed by atoms with van der Waals surface area (Å²) in [6.45, 7) is 5.13. The van der Waals surface area contributed by atoms with Crippen molar-refractivity contribution in [2.75, 3.05) is 0 Å². The molecule has 25 heavy (non-hydrogen) atoms. The highest BCUT2D eigenvalue weighted by molar-refractivity contribution is 7.18. The Morgan fingerprint density at radius 3 is 2.68 bits per heavy atom. The van der Waals surface area contributed by atoms with Crippen LogP contribution in [0, 0.1) is 5.92 Å². The van der Waals surface area contributed by atoms with Gasteiger partial charge in [-0.05, 0) is 43.6 Å². The minimum atomic E-state index is 0.156. The zero-order chi connectivity index (χ0) is 17.4. The molecule has 130 valence electrons. The molecule has 0 radical (unpaired) electrons. The predicted molar refractivity (Wildman–Crippen MR) is 105 cm³/mol. The van der Waals surface area contributed by atoms with Crippen LogP contribution in [-0.2, 0) is 19.4 Å². The molecule has 4 rings (SSSR count). The molecule has 1 aliphatic rings. The summed E-state index contributed by atoms with van der Waals surface area (Å²) in [5, 5.41) is 0.892. The molecule has 2 aromatic heterocycles. The average molecular weight is 353 g/mol. The van der Waals surface area contributed by atoms with Crippen molar-refractivity contribution in [1.82, 2.24) is 9.55 Å².